The Morgan fingerprint density at radius 1 is 1.33 bits per heavy atom. The summed E-state index contributed by atoms with van der Waals surface area (Å²) in [6.45, 7) is 4.04. The van der Waals surface area contributed by atoms with Crippen molar-refractivity contribution in [1.29, 1.82) is 0 Å². The van der Waals surface area contributed by atoms with Crippen LogP contribution in [0.2, 0.25) is 0 Å². The van der Waals surface area contributed by atoms with E-state index >= 15 is 0 Å². The van der Waals surface area contributed by atoms with Crippen LogP contribution in [0.15, 0.2) is 22.7 Å². The van der Waals surface area contributed by atoms with E-state index in [0.29, 0.717) is 5.56 Å². The zero-order valence-corrected chi connectivity index (χ0v) is 15.2. The zero-order valence-electron chi connectivity index (χ0n) is 10.4. The van der Waals surface area contributed by atoms with Gasteiger partial charge in [-0.15, -0.1) is 0 Å². The first-order valence-corrected chi connectivity index (χ1v) is 8.72. The first kappa shape index (κ1) is 16.2. The molecule has 1 amide bonds. The van der Waals surface area contributed by atoms with Crippen molar-refractivity contribution in [1.82, 2.24) is 5.32 Å². The number of carbonyl (C=O) groups is 1. The van der Waals surface area contributed by atoms with E-state index in [1.165, 1.54) is 0 Å². The van der Waals surface area contributed by atoms with Crippen LogP contribution in [0.25, 0.3) is 0 Å². The van der Waals surface area contributed by atoms with Crippen LogP contribution < -0.4 is 5.32 Å². The maximum atomic E-state index is 12.3. The second-order valence-corrected chi connectivity index (χ2v) is 6.31. The van der Waals surface area contributed by atoms with Crippen LogP contribution in [0, 0.1) is 6.92 Å². The van der Waals surface area contributed by atoms with Crippen LogP contribution in [0.1, 0.15) is 29.3 Å². The van der Waals surface area contributed by atoms with Gasteiger partial charge in [0.2, 0.25) is 0 Å². The number of rotatable bonds is 5. The predicted molar refractivity (Wildman–Crippen MR) is 87.0 cm³/mol. The summed E-state index contributed by atoms with van der Waals surface area (Å²) in [4.78, 5) is 12.3. The van der Waals surface area contributed by atoms with Gasteiger partial charge >= 0.3 is 0 Å². The number of benzene rings is 1. The average molecular weight is 442 g/mol. The molecule has 0 heterocycles. The zero-order chi connectivity index (χ0) is 13.8. The molecule has 1 aromatic rings. The lowest BCUT2D eigenvalue weighted by Crippen LogP contribution is -2.51. The van der Waals surface area contributed by atoms with Crippen molar-refractivity contribution >= 4 is 53.7 Å². The highest BCUT2D eigenvalue weighted by Crippen LogP contribution is 2.21. The molecule has 0 unspecified atom stereocenters. The van der Waals surface area contributed by atoms with Crippen LogP contribution in [0.5, 0.6) is 0 Å². The second-order valence-electron chi connectivity index (χ2n) is 4.34. The molecule has 5 heteroatoms. The number of hydrogen-bond donors (Lipinski definition) is 1. The SMILES string of the molecule is CCC(CBr)(CBr)NC(=O)c1cc(C)ccc1Br. The van der Waals surface area contributed by atoms with E-state index in [1.807, 2.05) is 25.1 Å². The molecular weight excluding hydrogens is 426 g/mol. The van der Waals surface area contributed by atoms with Crippen molar-refractivity contribution in [2.75, 3.05) is 10.7 Å². The van der Waals surface area contributed by atoms with Crippen molar-refractivity contribution in [2.45, 2.75) is 25.8 Å². The lowest BCUT2D eigenvalue weighted by molar-refractivity contribution is 0.0914. The molecule has 0 aromatic heterocycles. The molecule has 1 N–H and O–H groups in total. The van der Waals surface area contributed by atoms with Crippen LogP contribution in [0.3, 0.4) is 0 Å². The van der Waals surface area contributed by atoms with Crippen LogP contribution >= 0.6 is 47.8 Å². The summed E-state index contributed by atoms with van der Waals surface area (Å²) in [5.41, 5.74) is 1.50. The highest BCUT2D eigenvalue weighted by Gasteiger charge is 2.28. The Bertz CT molecular complexity index is 422. The number of alkyl halides is 2. The van der Waals surface area contributed by atoms with Gasteiger partial charge in [-0.3, -0.25) is 4.79 Å². The van der Waals surface area contributed by atoms with Gasteiger partial charge in [0.05, 0.1) is 11.1 Å². The Morgan fingerprint density at radius 3 is 2.44 bits per heavy atom. The minimum absolute atomic E-state index is 0.0497. The van der Waals surface area contributed by atoms with Crippen LogP contribution in [-0.2, 0) is 0 Å². The summed E-state index contributed by atoms with van der Waals surface area (Å²) in [6, 6.07) is 5.77. The summed E-state index contributed by atoms with van der Waals surface area (Å²) < 4.78 is 0.819. The number of carbonyl (C=O) groups excluding carboxylic acids is 1. The van der Waals surface area contributed by atoms with Gasteiger partial charge in [-0.25, -0.2) is 0 Å². The summed E-state index contributed by atoms with van der Waals surface area (Å²) >= 11 is 10.4. The molecule has 0 saturated heterocycles. The van der Waals surface area contributed by atoms with E-state index in [2.05, 4.69) is 60.0 Å². The summed E-state index contributed by atoms with van der Waals surface area (Å²) in [5, 5.41) is 4.54. The fraction of sp³-hybridized carbons (Fsp3) is 0.462. The van der Waals surface area contributed by atoms with Gasteiger partial charge in [-0.2, -0.15) is 0 Å². The summed E-state index contributed by atoms with van der Waals surface area (Å²) in [6.07, 6.45) is 0.860. The summed E-state index contributed by atoms with van der Waals surface area (Å²) in [5.74, 6) is -0.0497. The van der Waals surface area contributed by atoms with E-state index < -0.39 is 0 Å². The fourth-order valence-corrected chi connectivity index (χ4v) is 3.93. The van der Waals surface area contributed by atoms with Crippen molar-refractivity contribution in [2.24, 2.45) is 0 Å². The number of amides is 1. The van der Waals surface area contributed by atoms with Crippen molar-refractivity contribution in [3.05, 3.63) is 33.8 Å². The average Bonchev–Trinajstić information content (AvgIpc) is 2.38. The smallest absolute Gasteiger partial charge is 0.252 e. The Hall–Kier alpha value is 0.130. The van der Waals surface area contributed by atoms with E-state index in [0.717, 1.165) is 27.1 Å². The topological polar surface area (TPSA) is 29.1 Å². The van der Waals surface area contributed by atoms with Crippen LogP contribution in [0.4, 0.5) is 0 Å². The molecule has 1 rings (SSSR count). The normalized spacial score (nSPS) is 11.4. The molecule has 0 atom stereocenters. The number of nitrogens with one attached hydrogen (secondary N) is 1. The largest absolute Gasteiger partial charge is 0.345 e. The minimum atomic E-state index is -0.250. The predicted octanol–water partition coefficient (Wildman–Crippen LogP) is 4.43. The lowest BCUT2D eigenvalue weighted by atomic mass is 10.0. The van der Waals surface area contributed by atoms with Gasteiger partial charge in [0, 0.05) is 15.1 Å². The third kappa shape index (κ3) is 3.81. The van der Waals surface area contributed by atoms with Gasteiger partial charge in [-0.1, -0.05) is 50.4 Å². The summed E-state index contributed by atoms with van der Waals surface area (Å²) in [7, 11) is 0. The number of aryl methyl sites for hydroxylation is 1. The standard InChI is InChI=1S/C13H16Br3NO/c1-3-13(7-14,8-15)17-12(18)10-6-9(2)4-5-11(10)16/h4-6H,3,7-8H2,1-2H3,(H,17,18). The fourth-order valence-electron chi connectivity index (χ4n) is 1.50. The molecule has 2 nitrogen and oxygen atoms in total. The maximum Gasteiger partial charge on any atom is 0.252 e. The molecule has 0 aliphatic rings. The minimum Gasteiger partial charge on any atom is -0.345 e. The van der Waals surface area contributed by atoms with Gasteiger partial charge in [-0.05, 0) is 41.4 Å². The Morgan fingerprint density at radius 2 is 1.94 bits per heavy atom. The monoisotopic (exact) mass is 439 g/mol. The van der Waals surface area contributed by atoms with E-state index in [-0.39, 0.29) is 11.4 Å². The van der Waals surface area contributed by atoms with E-state index in [1.54, 1.807) is 0 Å². The molecular formula is C13H16Br3NO. The van der Waals surface area contributed by atoms with Gasteiger partial charge in [0.15, 0.2) is 0 Å². The van der Waals surface area contributed by atoms with E-state index in [9.17, 15) is 4.79 Å². The molecule has 100 valence electrons. The molecule has 0 fully saturated rings. The third-order valence-electron chi connectivity index (χ3n) is 2.93. The molecule has 1 aromatic carbocycles. The molecule has 0 aliphatic heterocycles. The molecule has 0 saturated carbocycles. The molecule has 0 aliphatic carbocycles. The Labute approximate surface area is 133 Å². The van der Waals surface area contributed by atoms with Gasteiger partial charge in [0.25, 0.3) is 5.91 Å². The third-order valence-corrected chi connectivity index (χ3v) is 5.77. The Kier molecular flexibility index (Phi) is 6.35. The molecule has 0 bridgehead atoms. The molecule has 0 radical (unpaired) electrons. The van der Waals surface area contributed by atoms with Crippen molar-refractivity contribution in [3.8, 4) is 0 Å². The second kappa shape index (κ2) is 7.06. The van der Waals surface area contributed by atoms with Gasteiger partial charge < -0.3 is 5.32 Å². The Balaban J connectivity index is 2.97. The molecule has 0 spiro atoms. The lowest BCUT2D eigenvalue weighted by Gasteiger charge is -2.30. The van der Waals surface area contributed by atoms with Crippen LogP contribution in [-0.4, -0.2) is 22.1 Å². The van der Waals surface area contributed by atoms with E-state index in [4.69, 9.17) is 0 Å². The van der Waals surface area contributed by atoms with Crippen molar-refractivity contribution < 1.29 is 4.79 Å². The quantitative estimate of drug-likeness (QED) is 0.673. The first-order valence-electron chi connectivity index (χ1n) is 5.68. The van der Waals surface area contributed by atoms with Gasteiger partial charge in [0.1, 0.15) is 0 Å². The highest BCUT2D eigenvalue weighted by atomic mass is 79.9. The van der Waals surface area contributed by atoms with Crippen molar-refractivity contribution in [3.63, 3.8) is 0 Å². The highest BCUT2D eigenvalue weighted by molar-refractivity contribution is 9.10. The molecule has 18 heavy (non-hydrogen) atoms. The maximum absolute atomic E-state index is 12.3. The first-order chi connectivity index (χ1) is 8.48. The number of halogens is 3. The number of hydrogen-bond acceptors (Lipinski definition) is 1.